The van der Waals surface area contributed by atoms with Gasteiger partial charge in [-0.15, -0.1) is 0 Å². The van der Waals surface area contributed by atoms with E-state index in [4.69, 9.17) is 51.8 Å². The Morgan fingerprint density at radius 3 is 2.38 bits per heavy atom. The summed E-state index contributed by atoms with van der Waals surface area (Å²) in [6.45, 7) is 2.83. The monoisotopic (exact) mass is 519 g/mol. The standard InChI is InChI=1S/C22H25Cl3FN3O2S/c1-2-3-4-7-14-31-16-12-10-15(11-13-16)27-21(32)29-20(22(23,24)25)28-19(30)17-8-5-6-9-18(17)26/h5-6,8-13,20H,2-4,7,14H2,1H3,(H,28,30)(H2,27,29,32). The summed E-state index contributed by atoms with van der Waals surface area (Å²) in [5, 5.41) is 8.22. The van der Waals surface area contributed by atoms with Crippen LogP contribution in [-0.2, 0) is 0 Å². The SMILES string of the molecule is CCCCCCOc1ccc(NC(=S)NC(NC(=O)c2ccccc2F)C(Cl)(Cl)Cl)cc1. The molecule has 1 amide bonds. The van der Waals surface area contributed by atoms with Gasteiger partial charge in [0.05, 0.1) is 12.2 Å². The summed E-state index contributed by atoms with van der Waals surface area (Å²) in [6, 6.07) is 12.7. The molecule has 1 atom stereocenters. The zero-order valence-corrected chi connectivity index (χ0v) is 20.6. The lowest BCUT2D eigenvalue weighted by molar-refractivity contribution is 0.0930. The Balaban J connectivity index is 1.91. The van der Waals surface area contributed by atoms with E-state index in [1.165, 1.54) is 31.0 Å². The van der Waals surface area contributed by atoms with Crippen LogP contribution in [0, 0.1) is 5.82 Å². The van der Waals surface area contributed by atoms with E-state index in [2.05, 4.69) is 22.9 Å². The van der Waals surface area contributed by atoms with Crippen LogP contribution in [0.1, 0.15) is 43.0 Å². The van der Waals surface area contributed by atoms with Crippen LogP contribution in [0.15, 0.2) is 48.5 Å². The number of carbonyl (C=O) groups excluding carboxylic acids is 1. The summed E-state index contributed by atoms with van der Waals surface area (Å²) in [5.74, 6) is -0.696. The lowest BCUT2D eigenvalue weighted by atomic mass is 10.2. The van der Waals surface area contributed by atoms with Gasteiger partial charge in [0, 0.05) is 5.69 Å². The number of amides is 1. The molecule has 32 heavy (non-hydrogen) atoms. The summed E-state index contributed by atoms with van der Waals surface area (Å²) in [5.41, 5.74) is 0.488. The fourth-order valence-corrected chi connectivity index (χ4v) is 3.27. The van der Waals surface area contributed by atoms with E-state index in [9.17, 15) is 9.18 Å². The van der Waals surface area contributed by atoms with E-state index in [0.29, 0.717) is 12.3 Å². The van der Waals surface area contributed by atoms with Crippen LogP contribution in [-0.4, -0.2) is 27.6 Å². The second kappa shape index (κ2) is 13.0. The van der Waals surface area contributed by atoms with Crippen LogP contribution >= 0.6 is 47.0 Å². The quantitative estimate of drug-likeness (QED) is 0.151. The maximum Gasteiger partial charge on any atom is 0.255 e. The van der Waals surface area contributed by atoms with Crippen molar-refractivity contribution >= 4 is 63.7 Å². The van der Waals surface area contributed by atoms with Gasteiger partial charge in [-0.3, -0.25) is 4.79 Å². The van der Waals surface area contributed by atoms with Gasteiger partial charge in [0.25, 0.3) is 5.91 Å². The normalized spacial score (nSPS) is 12.0. The summed E-state index contributed by atoms with van der Waals surface area (Å²) >= 11 is 23.2. The summed E-state index contributed by atoms with van der Waals surface area (Å²) in [4.78, 5) is 12.4. The molecule has 3 N–H and O–H groups in total. The fourth-order valence-electron chi connectivity index (χ4n) is 2.71. The number of nitrogens with one attached hydrogen (secondary N) is 3. The Bertz CT molecular complexity index is 895. The summed E-state index contributed by atoms with van der Waals surface area (Å²) < 4.78 is 17.6. The molecule has 0 bridgehead atoms. The van der Waals surface area contributed by atoms with Crippen molar-refractivity contribution in [1.82, 2.24) is 10.6 Å². The van der Waals surface area contributed by atoms with Crippen molar-refractivity contribution in [2.24, 2.45) is 0 Å². The maximum atomic E-state index is 13.9. The van der Waals surface area contributed by atoms with E-state index in [0.717, 1.165) is 24.7 Å². The smallest absolute Gasteiger partial charge is 0.255 e. The van der Waals surface area contributed by atoms with Gasteiger partial charge >= 0.3 is 0 Å². The average Bonchev–Trinajstić information content (AvgIpc) is 2.74. The van der Waals surface area contributed by atoms with Crippen LogP contribution < -0.4 is 20.7 Å². The highest BCUT2D eigenvalue weighted by molar-refractivity contribution is 7.80. The van der Waals surface area contributed by atoms with Crippen molar-refractivity contribution in [1.29, 1.82) is 0 Å². The lowest BCUT2D eigenvalue weighted by Gasteiger charge is -2.27. The fraction of sp³-hybridized carbons (Fsp3) is 0.364. The number of halogens is 4. The van der Waals surface area contributed by atoms with Crippen molar-refractivity contribution in [3.63, 3.8) is 0 Å². The highest BCUT2D eigenvalue weighted by atomic mass is 35.6. The number of hydrogen-bond acceptors (Lipinski definition) is 3. The summed E-state index contributed by atoms with van der Waals surface area (Å²) in [6.07, 6.45) is 3.32. The van der Waals surface area contributed by atoms with Gasteiger partial charge in [0.2, 0.25) is 3.79 Å². The molecule has 0 saturated carbocycles. The molecule has 0 radical (unpaired) electrons. The highest BCUT2D eigenvalue weighted by Crippen LogP contribution is 2.29. The number of rotatable bonds is 10. The van der Waals surface area contributed by atoms with Gasteiger partial charge in [-0.2, -0.15) is 0 Å². The Morgan fingerprint density at radius 2 is 1.75 bits per heavy atom. The van der Waals surface area contributed by atoms with Crippen molar-refractivity contribution in [2.75, 3.05) is 11.9 Å². The van der Waals surface area contributed by atoms with Gasteiger partial charge < -0.3 is 20.7 Å². The Hall–Kier alpha value is -1.80. The molecule has 0 heterocycles. The molecule has 2 aromatic carbocycles. The van der Waals surface area contributed by atoms with Crippen LogP contribution in [0.3, 0.4) is 0 Å². The first kappa shape index (κ1) is 26.5. The lowest BCUT2D eigenvalue weighted by Crippen LogP contribution is -2.56. The summed E-state index contributed by atoms with van der Waals surface area (Å²) in [7, 11) is 0. The molecule has 2 rings (SSSR count). The number of carbonyl (C=O) groups is 1. The minimum absolute atomic E-state index is 0.100. The second-order valence-corrected chi connectivity index (χ2v) is 9.74. The predicted molar refractivity (Wildman–Crippen MR) is 133 cm³/mol. The van der Waals surface area contributed by atoms with Crippen LogP contribution in [0.5, 0.6) is 5.75 Å². The molecule has 0 aliphatic rings. The first-order valence-corrected chi connectivity index (χ1v) is 11.7. The molecule has 5 nitrogen and oxygen atoms in total. The number of alkyl halides is 3. The van der Waals surface area contributed by atoms with E-state index in [1.807, 2.05) is 12.1 Å². The number of anilines is 1. The molecular formula is C22H25Cl3FN3O2S. The third-order valence-electron chi connectivity index (χ3n) is 4.38. The first-order chi connectivity index (χ1) is 15.2. The number of benzene rings is 2. The minimum atomic E-state index is -1.96. The highest BCUT2D eigenvalue weighted by Gasteiger charge is 2.35. The second-order valence-electron chi connectivity index (χ2n) is 6.96. The molecule has 2 aromatic rings. The third kappa shape index (κ3) is 8.98. The van der Waals surface area contributed by atoms with E-state index < -0.39 is 21.7 Å². The predicted octanol–water partition coefficient (Wildman–Crippen LogP) is 6.20. The minimum Gasteiger partial charge on any atom is -0.494 e. The van der Waals surface area contributed by atoms with Crippen LogP contribution in [0.25, 0.3) is 0 Å². The Morgan fingerprint density at radius 1 is 1.06 bits per heavy atom. The molecule has 174 valence electrons. The number of thiocarbonyl (C=S) groups is 1. The Labute approximate surface area is 207 Å². The first-order valence-electron chi connectivity index (χ1n) is 10.1. The molecule has 0 fully saturated rings. The van der Waals surface area contributed by atoms with Gasteiger partial charge in [0.1, 0.15) is 17.7 Å². The maximum absolute atomic E-state index is 13.9. The Kier molecular flexibility index (Phi) is 10.8. The topological polar surface area (TPSA) is 62.4 Å². The number of unbranched alkanes of at least 4 members (excludes halogenated alkanes) is 3. The third-order valence-corrected chi connectivity index (χ3v) is 5.25. The zero-order chi connectivity index (χ0) is 23.6. The van der Waals surface area contributed by atoms with Gasteiger partial charge in [-0.05, 0) is 55.0 Å². The molecule has 0 spiro atoms. The van der Waals surface area contributed by atoms with Gasteiger partial charge in [0.15, 0.2) is 5.11 Å². The molecule has 0 aliphatic carbocycles. The van der Waals surface area contributed by atoms with Crippen LogP contribution in [0.4, 0.5) is 10.1 Å². The van der Waals surface area contributed by atoms with Crippen molar-refractivity contribution in [3.05, 3.63) is 59.9 Å². The van der Waals surface area contributed by atoms with Gasteiger partial charge in [-0.1, -0.05) is 73.1 Å². The molecule has 1 unspecified atom stereocenters. The van der Waals surface area contributed by atoms with Crippen LogP contribution in [0.2, 0.25) is 0 Å². The molecule has 0 saturated heterocycles. The molecule has 0 aromatic heterocycles. The largest absolute Gasteiger partial charge is 0.494 e. The van der Waals surface area contributed by atoms with Crippen molar-refractivity contribution < 1.29 is 13.9 Å². The van der Waals surface area contributed by atoms with E-state index >= 15 is 0 Å². The van der Waals surface area contributed by atoms with Gasteiger partial charge in [-0.25, -0.2) is 4.39 Å². The molecule has 0 aliphatic heterocycles. The zero-order valence-electron chi connectivity index (χ0n) is 17.5. The van der Waals surface area contributed by atoms with E-state index in [-0.39, 0.29) is 10.7 Å². The number of ether oxygens (including phenoxy) is 1. The number of hydrogen-bond donors (Lipinski definition) is 3. The van der Waals surface area contributed by atoms with E-state index in [1.54, 1.807) is 12.1 Å². The van der Waals surface area contributed by atoms with Crippen molar-refractivity contribution in [2.45, 2.75) is 42.6 Å². The van der Waals surface area contributed by atoms with Crippen molar-refractivity contribution in [3.8, 4) is 5.75 Å². The molecule has 10 heteroatoms. The average molecular weight is 521 g/mol. The molecular weight excluding hydrogens is 496 g/mol.